The molecule has 2 nitrogen and oxygen atoms in total. The van der Waals surface area contributed by atoms with Crippen LogP contribution in [0.2, 0.25) is 0 Å². The summed E-state index contributed by atoms with van der Waals surface area (Å²) in [5.74, 6) is -3.00. The van der Waals surface area contributed by atoms with Gasteiger partial charge in [0.05, 0.1) is 0 Å². The van der Waals surface area contributed by atoms with Gasteiger partial charge in [0.2, 0.25) is 0 Å². The molecule has 0 N–H and O–H groups in total. The van der Waals surface area contributed by atoms with Crippen LogP contribution in [0.5, 0.6) is 0 Å². The maximum Gasteiger partial charge on any atom is 0.251 e. The van der Waals surface area contributed by atoms with Crippen molar-refractivity contribution in [2.45, 2.75) is 38.9 Å². The van der Waals surface area contributed by atoms with Crippen molar-refractivity contribution < 1.29 is 18.3 Å². The van der Waals surface area contributed by atoms with Crippen molar-refractivity contribution in [1.29, 1.82) is 0 Å². The lowest BCUT2D eigenvalue weighted by Crippen LogP contribution is -2.19. The zero-order valence-electron chi connectivity index (χ0n) is 8.06. The number of hydrogen-bond acceptors (Lipinski definition) is 2. The van der Waals surface area contributed by atoms with Crippen LogP contribution in [0.4, 0.5) is 8.78 Å². The summed E-state index contributed by atoms with van der Waals surface area (Å²) in [7, 11) is 0. The molecular weight excluding hydrogens is 178 g/mol. The van der Waals surface area contributed by atoms with Crippen LogP contribution in [0.3, 0.4) is 0 Å². The standard InChI is InChI=1S/C9H16F2O2/c1-3-12-8(13-4-2)5-7-6-9(7,10)11/h7-8H,3-6H2,1-2H3. The van der Waals surface area contributed by atoms with Gasteiger partial charge >= 0.3 is 0 Å². The lowest BCUT2D eigenvalue weighted by molar-refractivity contribution is -0.145. The zero-order valence-corrected chi connectivity index (χ0v) is 8.06. The third-order valence-electron chi connectivity index (χ3n) is 2.14. The smallest absolute Gasteiger partial charge is 0.251 e. The molecule has 0 aliphatic heterocycles. The first kappa shape index (κ1) is 10.9. The van der Waals surface area contributed by atoms with Crippen LogP contribution in [-0.4, -0.2) is 25.4 Å². The predicted octanol–water partition coefficient (Wildman–Crippen LogP) is 2.43. The summed E-state index contributed by atoms with van der Waals surface area (Å²) in [6, 6.07) is 0. The Morgan fingerprint density at radius 3 is 2.08 bits per heavy atom. The highest BCUT2D eigenvalue weighted by atomic mass is 19.3. The molecule has 0 aromatic rings. The zero-order chi connectivity index (χ0) is 9.90. The fourth-order valence-corrected chi connectivity index (χ4v) is 1.31. The van der Waals surface area contributed by atoms with Crippen molar-refractivity contribution in [1.82, 2.24) is 0 Å². The van der Waals surface area contributed by atoms with Gasteiger partial charge in [-0.2, -0.15) is 0 Å². The molecule has 0 amide bonds. The van der Waals surface area contributed by atoms with Crippen LogP contribution in [0.15, 0.2) is 0 Å². The largest absolute Gasteiger partial charge is 0.353 e. The van der Waals surface area contributed by atoms with Gasteiger partial charge in [-0.25, -0.2) is 8.78 Å². The summed E-state index contributed by atoms with van der Waals surface area (Å²) in [5, 5.41) is 0. The van der Waals surface area contributed by atoms with Crippen LogP contribution < -0.4 is 0 Å². The van der Waals surface area contributed by atoms with Crippen molar-refractivity contribution in [2.24, 2.45) is 5.92 Å². The Morgan fingerprint density at radius 2 is 1.77 bits per heavy atom. The van der Waals surface area contributed by atoms with Crippen molar-refractivity contribution in [2.75, 3.05) is 13.2 Å². The van der Waals surface area contributed by atoms with Crippen LogP contribution in [0.1, 0.15) is 26.7 Å². The van der Waals surface area contributed by atoms with Crippen molar-refractivity contribution in [3.63, 3.8) is 0 Å². The quantitative estimate of drug-likeness (QED) is 0.604. The molecule has 1 aliphatic carbocycles. The Hall–Kier alpha value is -0.220. The van der Waals surface area contributed by atoms with Crippen LogP contribution in [0, 0.1) is 5.92 Å². The highest BCUT2D eigenvalue weighted by molar-refractivity contribution is 4.95. The Bertz CT molecular complexity index is 156. The van der Waals surface area contributed by atoms with Gasteiger partial charge in [-0.15, -0.1) is 0 Å². The van der Waals surface area contributed by atoms with Crippen LogP contribution in [-0.2, 0) is 9.47 Å². The summed E-state index contributed by atoms with van der Waals surface area (Å²) in [5.41, 5.74) is 0. The van der Waals surface area contributed by atoms with Gasteiger partial charge in [-0.3, -0.25) is 0 Å². The molecular formula is C9H16F2O2. The molecule has 0 aromatic heterocycles. The van der Waals surface area contributed by atoms with Gasteiger partial charge in [-0.1, -0.05) is 0 Å². The van der Waals surface area contributed by atoms with E-state index in [1.165, 1.54) is 0 Å². The van der Waals surface area contributed by atoms with E-state index in [1.807, 2.05) is 13.8 Å². The topological polar surface area (TPSA) is 18.5 Å². The Balaban J connectivity index is 2.23. The van der Waals surface area contributed by atoms with Crippen LogP contribution >= 0.6 is 0 Å². The van der Waals surface area contributed by atoms with Crippen LogP contribution in [0.25, 0.3) is 0 Å². The van der Waals surface area contributed by atoms with E-state index in [-0.39, 0.29) is 6.42 Å². The third-order valence-corrected chi connectivity index (χ3v) is 2.14. The molecule has 0 spiro atoms. The Morgan fingerprint density at radius 1 is 1.31 bits per heavy atom. The maximum absolute atomic E-state index is 12.5. The highest BCUT2D eigenvalue weighted by Crippen LogP contribution is 2.51. The number of halogens is 2. The van der Waals surface area contributed by atoms with E-state index < -0.39 is 18.1 Å². The van der Waals surface area contributed by atoms with E-state index in [0.29, 0.717) is 19.6 Å². The monoisotopic (exact) mass is 194 g/mol. The fraction of sp³-hybridized carbons (Fsp3) is 1.00. The van der Waals surface area contributed by atoms with Crippen molar-refractivity contribution in [3.8, 4) is 0 Å². The third kappa shape index (κ3) is 3.19. The molecule has 1 fully saturated rings. The van der Waals surface area contributed by atoms with E-state index in [0.717, 1.165) is 0 Å². The van der Waals surface area contributed by atoms with E-state index in [4.69, 9.17) is 9.47 Å². The van der Waals surface area contributed by atoms with Gasteiger partial charge in [0.15, 0.2) is 6.29 Å². The predicted molar refractivity (Wildman–Crippen MR) is 44.7 cm³/mol. The molecule has 1 atom stereocenters. The normalized spacial score (nSPS) is 25.2. The molecule has 0 aromatic carbocycles. The molecule has 0 heterocycles. The molecule has 0 saturated heterocycles. The molecule has 1 saturated carbocycles. The average molecular weight is 194 g/mol. The SMILES string of the molecule is CCOC(CC1CC1(F)F)OCC. The number of hydrogen-bond donors (Lipinski definition) is 0. The minimum Gasteiger partial charge on any atom is -0.353 e. The molecule has 0 bridgehead atoms. The second-order valence-corrected chi connectivity index (χ2v) is 3.24. The molecule has 1 unspecified atom stereocenters. The number of ether oxygens (including phenoxy) is 2. The molecule has 78 valence electrons. The molecule has 4 heteroatoms. The van der Waals surface area contributed by atoms with E-state index >= 15 is 0 Å². The van der Waals surface area contributed by atoms with Gasteiger partial charge < -0.3 is 9.47 Å². The van der Waals surface area contributed by atoms with E-state index in [9.17, 15) is 8.78 Å². The summed E-state index contributed by atoms with van der Waals surface area (Å²) >= 11 is 0. The maximum atomic E-state index is 12.5. The lowest BCUT2D eigenvalue weighted by Gasteiger charge is -2.16. The first-order valence-corrected chi connectivity index (χ1v) is 4.71. The lowest BCUT2D eigenvalue weighted by atomic mass is 10.3. The van der Waals surface area contributed by atoms with Gasteiger partial charge in [0, 0.05) is 32.0 Å². The van der Waals surface area contributed by atoms with E-state index in [1.54, 1.807) is 0 Å². The summed E-state index contributed by atoms with van der Waals surface area (Å²) in [6.45, 7) is 4.67. The first-order valence-electron chi connectivity index (χ1n) is 4.71. The fourth-order valence-electron chi connectivity index (χ4n) is 1.31. The van der Waals surface area contributed by atoms with Gasteiger partial charge in [0.25, 0.3) is 5.92 Å². The summed E-state index contributed by atoms with van der Waals surface area (Å²) in [4.78, 5) is 0. The molecule has 1 aliphatic rings. The second-order valence-electron chi connectivity index (χ2n) is 3.24. The minimum atomic E-state index is -2.47. The van der Waals surface area contributed by atoms with Gasteiger partial charge in [0.1, 0.15) is 0 Å². The molecule has 0 radical (unpaired) electrons. The Kier molecular flexibility index (Phi) is 3.62. The van der Waals surface area contributed by atoms with Crippen molar-refractivity contribution in [3.05, 3.63) is 0 Å². The second kappa shape index (κ2) is 4.33. The van der Waals surface area contributed by atoms with E-state index in [2.05, 4.69) is 0 Å². The Labute approximate surface area is 77.2 Å². The van der Waals surface area contributed by atoms with Crippen molar-refractivity contribution >= 4 is 0 Å². The number of rotatable bonds is 6. The minimum absolute atomic E-state index is 0.0103. The summed E-state index contributed by atoms with van der Waals surface area (Å²) in [6.07, 6.45) is -0.147. The summed E-state index contributed by atoms with van der Waals surface area (Å²) < 4.78 is 35.4. The van der Waals surface area contributed by atoms with Gasteiger partial charge in [-0.05, 0) is 13.8 Å². The molecule has 1 rings (SSSR count). The number of alkyl halides is 2. The first-order chi connectivity index (χ1) is 6.10. The average Bonchev–Trinajstić information content (AvgIpc) is 2.59. The highest BCUT2D eigenvalue weighted by Gasteiger charge is 2.57. The molecule has 13 heavy (non-hydrogen) atoms.